The molecule has 3 aliphatic heterocycles. The van der Waals surface area contributed by atoms with Gasteiger partial charge in [-0.15, -0.1) is 0 Å². The lowest BCUT2D eigenvalue weighted by atomic mass is 9.84. The first-order valence-corrected chi connectivity index (χ1v) is 11.4. The van der Waals surface area contributed by atoms with Crippen LogP contribution in [0.5, 0.6) is 0 Å². The molecule has 2 amide bonds. The smallest absolute Gasteiger partial charge is 0.228 e. The van der Waals surface area contributed by atoms with Crippen LogP contribution < -0.4 is 10.9 Å². The fourth-order valence-electron chi connectivity index (χ4n) is 6.13. The number of carbonyl (C=O) groups is 2. The Bertz CT molecular complexity index is 1000. The van der Waals surface area contributed by atoms with Gasteiger partial charge >= 0.3 is 0 Å². The van der Waals surface area contributed by atoms with E-state index in [4.69, 9.17) is 0 Å². The van der Waals surface area contributed by atoms with Crippen LogP contribution in [0.15, 0.2) is 24.3 Å². The quantitative estimate of drug-likeness (QED) is 0.710. The van der Waals surface area contributed by atoms with E-state index < -0.39 is 0 Å². The average Bonchev–Trinajstić information content (AvgIpc) is 3.47. The van der Waals surface area contributed by atoms with Crippen LogP contribution in [-0.4, -0.2) is 51.9 Å². The number of aromatic nitrogens is 1. The van der Waals surface area contributed by atoms with Crippen LogP contribution in [0.2, 0.25) is 0 Å². The molecule has 2 aromatic rings. The molecule has 3 N–H and O–H groups in total. The molecule has 0 radical (unpaired) electrons. The van der Waals surface area contributed by atoms with Gasteiger partial charge in [0.05, 0.1) is 18.6 Å². The van der Waals surface area contributed by atoms with E-state index in [9.17, 15) is 9.59 Å². The summed E-state index contributed by atoms with van der Waals surface area (Å²) in [4.78, 5) is 33.5. The van der Waals surface area contributed by atoms with Gasteiger partial charge in [0.25, 0.3) is 0 Å². The highest BCUT2D eigenvalue weighted by atomic mass is 16.2. The third-order valence-electron chi connectivity index (χ3n) is 7.68. The fraction of sp³-hybridized carbons (Fsp3) is 0.565. The van der Waals surface area contributed by atoms with Gasteiger partial charge in [-0.2, -0.15) is 0 Å². The SMILES string of the molecule is O=C(C1CC(=O)N(C2NNC3CCCCC32)C1)N1CCc2c([nH]c3ccccc23)C1. The molecule has 4 atom stereocenters. The topological polar surface area (TPSA) is 80.5 Å². The lowest BCUT2D eigenvalue weighted by Crippen LogP contribution is -2.49. The summed E-state index contributed by atoms with van der Waals surface area (Å²) >= 11 is 0. The molecule has 6 rings (SSSR count). The molecule has 1 aromatic heterocycles. The Balaban J connectivity index is 1.16. The number of aromatic amines is 1. The first kappa shape index (κ1) is 18.4. The largest absolute Gasteiger partial charge is 0.357 e. The third kappa shape index (κ3) is 2.87. The molecule has 1 aromatic carbocycles. The van der Waals surface area contributed by atoms with Crippen molar-refractivity contribution in [3.05, 3.63) is 35.5 Å². The maximum atomic E-state index is 13.3. The van der Waals surface area contributed by atoms with Crippen molar-refractivity contribution in [2.75, 3.05) is 13.1 Å². The van der Waals surface area contributed by atoms with E-state index in [0.29, 0.717) is 31.5 Å². The van der Waals surface area contributed by atoms with Gasteiger partial charge in [0, 0.05) is 48.1 Å². The second-order valence-corrected chi connectivity index (χ2v) is 9.37. The van der Waals surface area contributed by atoms with Crippen molar-refractivity contribution in [2.24, 2.45) is 11.8 Å². The van der Waals surface area contributed by atoms with Crippen molar-refractivity contribution >= 4 is 22.7 Å². The third-order valence-corrected chi connectivity index (χ3v) is 7.68. The molecule has 0 spiro atoms. The van der Waals surface area contributed by atoms with Crippen molar-refractivity contribution in [2.45, 2.75) is 57.3 Å². The van der Waals surface area contributed by atoms with Crippen LogP contribution in [0.3, 0.4) is 0 Å². The Morgan fingerprint density at radius 2 is 1.97 bits per heavy atom. The highest BCUT2D eigenvalue weighted by Gasteiger charge is 2.46. The number of fused-ring (bicyclic) bond motifs is 4. The van der Waals surface area contributed by atoms with Crippen molar-refractivity contribution in [3.63, 3.8) is 0 Å². The standard InChI is InChI=1S/C23H29N5O2/c29-21-11-14(12-28(21)22-17-6-2-4-8-19(17)25-26-22)23(30)27-10-9-16-15-5-1-3-7-18(15)24-20(16)13-27/h1,3,5,7,14,17,19,22,24-26H,2,4,6,8-13H2. The minimum atomic E-state index is -0.229. The average molecular weight is 408 g/mol. The monoisotopic (exact) mass is 407 g/mol. The molecular weight excluding hydrogens is 378 g/mol. The summed E-state index contributed by atoms with van der Waals surface area (Å²) in [6, 6.07) is 8.80. The number of likely N-dealkylation sites (tertiary alicyclic amines) is 1. The number of amides is 2. The highest BCUT2D eigenvalue weighted by molar-refractivity contribution is 5.90. The van der Waals surface area contributed by atoms with Crippen molar-refractivity contribution < 1.29 is 9.59 Å². The molecule has 7 nitrogen and oxygen atoms in total. The summed E-state index contributed by atoms with van der Waals surface area (Å²) in [6.45, 7) is 1.88. The molecular formula is C23H29N5O2. The second-order valence-electron chi connectivity index (χ2n) is 9.37. The van der Waals surface area contributed by atoms with Gasteiger partial charge in [0.2, 0.25) is 11.8 Å². The van der Waals surface area contributed by atoms with Gasteiger partial charge in [-0.3, -0.25) is 15.0 Å². The number of hydrazine groups is 1. The first-order valence-electron chi connectivity index (χ1n) is 11.4. The zero-order chi connectivity index (χ0) is 20.2. The lowest BCUT2D eigenvalue weighted by Gasteiger charge is -2.33. The lowest BCUT2D eigenvalue weighted by molar-refractivity contribution is -0.136. The van der Waals surface area contributed by atoms with Crippen LogP contribution >= 0.6 is 0 Å². The van der Waals surface area contributed by atoms with E-state index in [2.05, 4.69) is 34.0 Å². The fourth-order valence-corrected chi connectivity index (χ4v) is 6.13. The van der Waals surface area contributed by atoms with E-state index in [1.807, 2.05) is 15.9 Å². The molecule has 1 saturated carbocycles. The number of hydrogen-bond donors (Lipinski definition) is 3. The number of nitrogens with one attached hydrogen (secondary N) is 3. The van der Waals surface area contributed by atoms with Gasteiger partial charge in [-0.25, -0.2) is 5.43 Å². The summed E-state index contributed by atoms with van der Waals surface area (Å²) in [7, 11) is 0. The minimum Gasteiger partial charge on any atom is -0.357 e. The summed E-state index contributed by atoms with van der Waals surface area (Å²) in [5.74, 6) is 0.469. The summed E-state index contributed by atoms with van der Waals surface area (Å²) in [5.41, 5.74) is 10.4. The Kier molecular flexibility index (Phi) is 4.35. The van der Waals surface area contributed by atoms with Crippen molar-refractivity contribution in [3.8, 4) is 0 Å². The molecule has 1 aliphatic carbocycles. The molecule has 4 heterocycles. The molecule has 3 fully saturated rings. The van der Waals surface area contributed by atoms with Gasteiger partial charge in [0.1, 0.15) is 0 Å². The first-order chi connectivity index (χ1) is 14.7. The Hall–Kier alpha value is -2.38. The number of carbonyl (C=O) groups excluding carboxylic acids is 2. The predicted octanol–water partition coefficient (Wildman–Crippen LogP) is 1.89. The van der Waals surface area contributed by atoms with E-state index in [0.717, 1.165) is 30.6 Å². The Labute approximate surface area is 176 Å². The maximum absolute atomic E-state index is 13.3. The molecule has 2 saturated heterocycles. The van der Waals surface area contributed by atoms with Gasteiger partial charge in [-0.05, 0) is 30.9 Å². The van der Waals surface area contributed by atoms with Gasteiger partial charge in [0.15, 0.2) is 0 Å². The number of hydrogen-bond acceptors (Lipinski definition) is 4. The second kappa shape index (κ2) is 7.10. The number of benzene rings is 1. The van der Waals surface area contributed by atoms with E-state index in [-0.39, 0.29) is 23.9 Å². The minimum absolute atomic E-state index is 0.0299. The number of para-hydroxylation sites is 1. The van der Waals surface area contributed by atoms with Crippen LogP contribution in [-0.2, 0) is 22.6 Å². The van der Waals surface area contributed by atoms with Crippen molar-refractivity contribution in [1.29, 1.82) is 0 Å². The molecule has 158 valence electrons. The van der Waals surface area contributed by atoms with Crippen LogP contribution in [0.4, 0.5) is 0 Å². The molecule has 4 unspecified atom stereocenters. The zero-order valence-corrected chi connectivity index (χ0v) is 17.2. The van der Waals surface area contributed by atoms with Gasteiger partial charge < -0.3 is 14.8 Å². The summed E-state index contributed by atoms with van der Waals surface area (Å²) in [5, 5.41) is 1.27. The summed E-state index contributed by atoms with van der Waals surface area (Å²) < 4.78 is 0. The predicted molar refractivity (Wildman–Crippen MR) is 113 cm³/mol. The van der Waals surface area contributed by atoms with E-state index >= 15 is 0 Å². The van der Waals surface area contributed by atoms with Gasteiger partial charge in [-0.1, -0.05) is 31.0 Å². The maximum Gasteiger partial charge on any atom is 0.228 e. The van der Waals surface area contributed by atoms with Crippen LogP contribution in [0.25, 0.3) is 10.9 Å². The summed E-state index contributed by atoms with van der Waals surface area (Å²) in [6.07, 6.45) is 6.03. The molecule has 30 heavy (non-hydrogen) atoms. The Morgan fingerprint density at radius 1 is 1.10 bits per heavy atom. The highest BCUT2D eigenvalue weighted by Crippen LogP contribution is 2.35. The zero-order valence-electron chi connectivity index (χ0n) is 17.2. The van der Waals surface area contributed by atoms with Crippen molar-refractivity contribution in [1.82, 2.24) is 25.6 Å². The Morgan fingerprint density at radius 3 is 2.90 bits per heavy atom. The normalized spacial score (nSPS) is 31.3. The van der Waals surface area contributed by atoms with E-state index in [1.165, 1.54) is 30.2 Å². The van der Waals surface area contributed by atoms with Crippen LogP contribution in [0, 0.1) is 11.8 Å². The molecule has 7 heteroatoms. The van der Waals surface area contributed by atoms with Crippen LogP contribution in [0.1, 0.15) is 43.4 Å². The molecule has 0 bridgehead atoms. The number of nitrogens with zero attached hydrogens (tertiary/aromatic N) is 2. The van der Waals surface area contributed by atoms with E-state index in [1.54, 1.807) is 0 Å². The molecule has 4 aliphatic rings. The number of rotatable bonds is 2. The number of H-pyrrole nitrogens is 1.